The van der Waals surface area contributed by atoms with Crippen molar-refractivity contribution in [2.45, 2.75) is 89.0 Å². The number of aliphatic hydroxyl groups is 3. The summed E-state index contributed by atoms with van der Waals surface area (Å²) in [7, 11) is 0. The van der Waals surface area contributed by atoms with Gasteiger partial charge in [-0.05, 0) is 12.8 Å². The first-order valence-corrected chi connectivity index (χ1v) is 12.4. The van der Waals surface area contributed by atoms with Gasteiger partial charge in [0.25, 0.3) is 0 Å². The van der Waals surface area contributed by atoms with Crippen LogP contribution >= 0.6 is 0 Å². The Balaban J connectivity index is 5.71. The maximum atomic E-state index is 12.9. The summed E-state index contributed by atoms with van der Waals surface area (Å²) in [6.07, 6.45) is -7.64. The summed E-state index contributed by atoms with van der Waals surface area (Å²) in [6, 6.07) is -4.23. The maximum absolute atomic E-state index is 12.9. The molecule has 0 radical (unpaired) electrons. The molecule has 11 N–H and O–H groups in total. The van der Waals surface area contributed by atoms with Gasteiger partial charge < -0.3 is 57.4 Å². The molecule has 0 aromatic carbocycles. The van der Waals surface area contributed by atoms with Gasteiger partial charge in [0.05, 0.1) is 12.5 Å². The molecule has 0 saturated carbocycles. The number of nitrogens with two attached hydrogens (primary N) is 2. The van der Waals surface area contributed by atoms with Gasteiger partial charge in [0.2, 0.25) is 29.5 Å². The molecule has 17 heteroatoms. The van der Waals surface area contributed by atoms with E-state index in [2.05, 4.69) is 16.0 Å². The van der Waals surface area contributed by atoms with Crippen LogP contribution in [0.4, 0.5) is 0 Å². The van der Waals surface area contributed by atoms with E-state index < -0.39 is 97.0 Å². The van der Waals surface area contributed by atoms with E-state index in [0.29, 0.717) is 6.42 Å². The smallest absolute Gasteiger partial charge is 0.326 e. The summed E-state index contributed by atoms with van der Waals surface area (Å²) in [5.41, 5.74) is 10.7. The highest BCUT2D eigenvalue weighted by Crippen LogP contribution is 2.17. The lowest BCUT2D eigenvalue weighted by Crippen LogP contribution is -2.58. The number of ether oxygens (including phenoxy) is 1. The van der Waals surface area contributed by atoms with E-state index in [9.17, 15) is 48.9 Å². The summed E-state index contributed by atoms with van der Waals surface area (Å²) < 4.78 is 5.42. The van der Waals surface area contributed by atoms with Crippen molar-refractivity contribution in [3.05, 3.63) is 0 Å². The SMILES string of the molecule is CCCC(NC(=O)CCC(NC(=O)C(C)C(O[C@@H]([C@H](O)[C@H](O)CO)[C@H](C=O)NC(C)=O)C(N)=O)C(N)=O)C(=O)O. The zero-order chi connectivity index (χ0) is 31.2. The van der Waals surface area contributed by atoms with Crippen molar-refractivity contribution < 1.29 is 58.7 Å². The number of aliphatic carboxylic acids is 1. The number of rotatable bonds is 20. The third-order valence-electron chi connectivity index (χ3n) is 5.77. The van der Waals surface area contributed by atoms with Crippen molar-refractivity contribution in [3.8, 4) is 0 Å². The van der Waals surface area contributed by atoms with Gasteiger partial charge in [0.15, 0.2) is 0 Å². The number of amides is 5. The van der Waals surface area contributed by atoms with Gasteiger partial charge in [0.1, 0.15) is 48.8 Å². The van der Waals surface area contributed by atoms with Crippen molar-refractivity contribution in [3.63, 3.8) is 0 Å². The molecule has 0 spiro atoms. The molecule has 0 heterocycles. The summed E-state index contributed by atoms with van der Waals surface area (Å²) in [5, 5.41) is 45.2. The van der Waals surface area contributed by atoms with Crippen LogP contribution in [-0.2, 0) is 38.3 Å². The minimum Gasteiger partial charge on any atom is -0.480 e. The zero-order valence-corrected chi connectivity index (χ0v) is 22.4. The minimum atomic E-state index is -2.04. The Bertz CT molecular complexity index is 917. The fourth-order valence-electron chi connectivity index (χ4n) is 3.55. The highest BCUT2D eigenvalue weighted by atomic mass is 16.5. The van der Waals surface area contributed by atoms with Crippen molar-refractivity contribution in [1.29, 1.82) is 0 Å². The van der Waals surface area contributed by atoms with Crippen LogP contribution in [0.2, 0.25) is 0 Å². The quantitative estimate of drug-likeness (QED) is 0.0618. The Morgan fingerprint density at radius 3 is 1.98 bits per heavy atom. The fourth-order valence-corrected chi connectivity index (χ4v) is 3.55. The minimum absolute atomic E-state index is 0.131. The molecule has 0 aromatic rings. The number of aliphatic hydroxyl groups excluding tert-OH is 3. The summed E-state index contributed by atoms with van der Waals surface area (Å²) in [5.74, 6) is -7.58. The van der Waals surface area contributed by atoms with Crippen molar-refractivity contribution in [2.75, 3.05) is 6.61 Å². The number of carbonyl (C=O) groups is 7. The normalized spacial score (nSPS) is 17.1. The van der Waals surface area contributed by atoms with Crippen LogP contribution < -0.4 is 27.4 Å². The Labute approximate surface area is 230 Å². The van der Waals surface area contributed by atoms with Crippen molar-refractivity contribution in [1.82, 2.24) is 16.0 Å². The first kappa shape index (κ1) is 36.3. The molecular formula is C23H39N5O12. The fraction of sp³-hybridized carbons (Fsp3) is 0.696. The van der Waals surface area contributed by atoms with Gasteiger partial charge in [-0.3, -0.25) is 24.0 Å². The molecule has 0 rings (SSSR count). The molecule has 228 valence electrons. The highest BCUT2D eigenvalue weighted by Gasteiger charge is 2.40. The average molecular weight is 578 g/mol. The van der Waals surface area contributed by atoms with Gasteiger partial charge in [-0.1, -0.05) is 20.3 Å². The lowest BCUT2D eigenvalue weighted by molar-refractivity contribution is -0.167. The molecule has 8 atom stereocenters. The summed E-state index contributed by atoms with van der Waals surface area (Å²) >= 11 is 0. The second-order valence-electron chi connectivity index (χ2n) is 9.06. The van der Waals surface area contributed by atoms with Crippen molar-refractivity contribution in [2.24, 2.45) is 17.4 Å². The summed E-state index contributed by atoms with van der Waals surface area (Å²) in [6.45, 7) is 2.89. The maximum Gasteiger partial charge on any atom is 0.326 e. The average Bonchev–Trinajstić information content (AvgIpc) is 2.88. The topological polar surface area (TPSA) is 298 Å². The first-order valence-electron chi connectivity index (χ1n) is 12.4. The van der Waals surface area contributed by atoms with Crippen molar-refractivity contribution >= 4 is 41.8 Å². The lowest BCUT2D eigenvalue weighted by atomic mass is 9.98. The van der Waals surface area contributed by atoms with Crippen LogP contribution in [0.25, 0.3) is 0 Å². The Hall–Kier alpha value is -3.67. The third kappa shape index (κ3) is 12.0. The number of aldehydes is 1. The standard InChI is InChI=1S/C23H39N5O12/c1-4-5-13(23(38)39)27-16(33)7-6-12(20(24)35)28-22(37)10(2)18(21(25)36)40-19(17(34)15(32)9-30)14(8-29)26-11(3)31/h8,10,12-15,17-19,30,32,34H,4-7,9H2,1-3H3,(H2,24,35)(H2,25,36)(H,26,31)(H,27,33)(H,28,37)(H,38,39)/t10?,12?,13?,14-,15+,17+,18?,19+/m0/s1. The van der Waals surface area contributed by atoms with Crippen LogP contribution in [-0.4, -0.2) is 111 Å². The van der Waals surface area contributed by atoms with Gasteiger partial charge >= 0.3 is 5.97 Å². The van der Waals surface area contributed by atoms with Crippen LogP contribution in [0.3, 0.4) is 0 Å². The van der Waals surface area contributed by atoms with E-state index >= 15 is 0 Å². The molecule has 0 aliphatic rings. The Morgan fingerprint density at radius 2 is 1.55 bits per heavy atom. The second-order valence-corrected chi connectivity index (χ2v) is 9.06. The molecule has 17 nitrogen and oxygen atoms in total. The largest absolute Gasteiger partial charge is 0.480 e. The summed E-state index contributed by atoms with van der Waals surface area (Å²) in [4.78, 5) is 83.4. The van der Waals surface area contributed by atoms with E-state index in [4.69, 9.17) is 21.3 Å². The van der Waals surface area contributed by atoms with Gasteiger partial charge in [0, 0.05) is 13.3 Å². The first-order chi connectivity index (χ1) is 18.6. The van der Waals surface area contributed by atoms with Crippen LogP contribution in [0.15, 0.2) is 0 Å². The molecule has 5 amide bonds. The third-order valence-corrected chi connectivity index (χ3v) is 5.77. The molecule has 0 aromatic heterocycles. The molecular weight excluding hydrogens is 538 g/mol. The van der Waals surface area contributed by atoms with E-state index in [0.717, 1.165) is 13.8 Å². The van der Waals surface area contributed by atoms with E-state index in [1.165, 1.54) is 0 Å². The number of carboxylic acids is 1. The van der Waals surface area contributed by atoms with Crippen LogP contribution in [0.1, 0.15) is 46.5 Å². The predicted molar refractivity (Wildman–Crippen MR) is 135 cm³/mol. The molecule has 4 unspecified atom stereocenters. The number of primary amides is 2. The number of carbonyl (C=O) groups excluding carboxylic acids is 6. The molecule has 0 saturated heterocycles. The van der Waals surface area contributed by atoms with E-state index in [1.807, 2.05) is 0 Å². The number of hydrogen-bond donors (Lipinski definition) is 9. The van der Waals surface area contributed by atoms with Crippen LogP contribution in [0.5, 0.6) is 0 Å². The van der Waals surface area contributed by atoms with Gasteiger partial charge in [-0.15, -0.1) is 0 Å². The number of nitrogens with one attached hydrogen (secondary N) is 3. The van der Waals surface area contributed by atoms with Gasteiger partial charge in [-0.25, -0.2) is 4.79 Å². The highest BCUT2D eigenvalue weighted by molar-refractivity contribution is 5.92. The van der Waals surface area contributed by atoms with Crippen LogP contribution in [0, 0.1) is 5.92 Å². The molecule has 0 fully saturated rings. The number of carboxylic acid groups (broad SMARTS) is 1. The molecule has 40 heavy (non-hydrogen) atoms. The van der Waals surface area contributed by atoms with E-state index in [-0.39, 0.29) is 19.1 Å². The second kappa shape index (κ2) is 17.8. The zero-order valence-electron chi connectivity index (χ0n) is 22.4. The monoisotopic (exact) mass is 577 g/mol. The lowest BCUT2D eigenvalue weighted by Gasteiger charge is -2.34. The predicted octanol–water partition coefficient (Wildman–Crippen LogP) is -4.60. The van der Waals surface area contributed by atoms with E-state index in [1.54, 1.807) is 6.92 Å². The van der Waals surface area contributed by atoms with Gasteiger partial charge in [-0.2, -0.15) is 0 Å². The molecule has 0 bridgehead atoms. The Kier molecular flexibility index (Phi) is 16.2. The Morgan fingerprint density at radius 1 is 0.950 bits per heavy atom. The number of hydrogen-bond acceptors (Lipinski definition) is 11. The molecule has 0 aliphatic heterocycles. The molecule has 0 aliphatic carbocycles.